The van der Waals surface area contributed by atoms with Crippen LogP contribution in [-0.4, -0.2) is 42.0 Å². The lowest BCUT2D eigenvalue weighted by Gasteiger charge is -2.34. The number of amides is 2. The Balaban J connectivity index is 1.49. The molecular weight excluding hydrogens is 398 g/mol. The van der Waals surface area contributed by atoms with Crippen LogP contribution in [0, 0.1) is 0 Å². The number of hydrogen-bond donors (Lipinski definition) is 1. The molecule has 23 heavy (non-hydrogen) atoms. The maximum atomic E-state index is 12.3. The largest absolute Gasteiger partial charge is 0.322 e. The van der Waals surface area contributed by atoms with Crippen LogP contribution in [0.4, 0.5) is 10.5 Å². The van der Waals surface area contributed by atoms with Crippen LogP contribution in [0.25, 0.3) is 0 Å². The van der Waals surface area contributed by atoms with Crippen LogP contribution < -0.4 is 5.32 Å². The van der Waals surface area contributed by atoms with Gasteiger partial charge in [0, 0.05) is 47.8 Å². The van der Waals surface area contributed by atoms with E-state index in [9.17, 15) is 4.79 Å². The Morgan fingerprint density at radius 3 is 2.65 bits per heavy atom. The smallest absolute Gasteiger partial charge is 0.321 e. The van der Waals surface area contributed by atoms with Crippen molar-refractivity contribution >= 4 is 50.6 Å². The van der Waals surface area contributed by atoms with E-state index < -0.39 is 0 Å². The Labute approximate surface area is 153 Å². The van der Waals surface area contributed by atoms with Gasteiger partial charge in [-0.25, -0.2) is 4.79 Å². The first kappa shape index (κ1) is 16.8. The molecule has 2 aromatic rings. The zero-order valence-corrected chi connectivity index (χ0v) is 15.6. The normalized spacial score (nSPS) is 15.7. The lowest BCUT2D eigenvalue weighted by molar-refractivity contribution is 0.143. The molecule has 0 unspecified atom stereocenters. The van der Waals surface area contributed by atoms with E-state index in [-0.39, 0.29) is 6.03 Å². The zero-order chi connectivity index (χ0) is 16.2. The highest BCUT2D eigenvalue weighted by Crippen LogP contribution is 2.23. The molecule has 1 fully saturated rings. The number of rotatable bonds is 3. The summed E-state index contributed by atoms with van der Waals surface area (Å²) in [6.07, 6.45) is 0. The average molecular weight is 415 g/mol. The molecule has 2 amide bonds. The predicted molar refractivity (Wildman–Crippen MR) is 99.3 cm³/mol. The quantitative estimate of drug-likeness (QED) is 0.802. The van der Waals surface area contributed by atoms with Gasteiger partial charge in [-0.05, 0) is 30.3 Å². The van der Waals surface area contributed by atoms with Gasteiger partial charge in [-0.2, -0.15) is 0 Å². The number of urea groups is 1. The fourth-order valence-electron chi connectivity index (χ4n) is 2.53. The number of piperazine rings is 1. The average Bonchev–Trinajstić information content (AvgIpc) is 2.93. The Morgan fingerprint density at radius 1 is 1.22 bits per heavy atom. The number of carbonyl (C=O) groups excluding carboxylic acids is 1. The molecule has 0 saturated carbocycles. The van der Waals surface area contributed by atoms with E-state index in [2.05, 4.69) is 32.2 Å². The van der Waals surface area contributed by atoms with Crippen molar-refractivity contribution in [3.05, 3.63) is 50.1 Å². The second-order valence-electron chi connectivity index (χ2n) is 5.41. The van der Waals surface area contributed by atoms with E-state index >= 15 is 0 Å². The first-order valence-corrected chi connectivity index (χ1v) is 9.37. The third kappa shape index (κ3) is 4.70. The van der Waals surface area contributed by atoms with Crippen LogP contribution >= 0.6 is 38.9 Å². The summed E-state index contributed by atoms with van der Waals surface area (Å²) in [6, 6.07) is 11.6. The molecule has 7 heteroatoms. The minimum atomic E-state index is -0.0399. The van der Waals surface area contributed by atoms with Crippen LogP contribution in [0.5, 0.6) is 0 Å². The van der Waals surface area contributed by atoms with Crippen molar-refractivity contribution in [3.8, 4) is 0 Å². The third-order valence-corrected chi connectivity index (χ3v) is 5.45. The SMILES string of the molecule is O=C(Nc1cccc(Br)c1)N1CCN(Cc2ccc(Cl)s2)CC1. The van der Waals surface area contributed by atoms with Gasteiger partial charge >= 0.3 is 6.03 Å². The molecule has 0 bridgehead atoms. The molecule has 1 aromatic heterocycles. The maximum Gasteiger partial charge on any atom is 0.321 e. The Hall–Kier alpha value is -1.08. The fraction of sp³-hybridized carbons (Fsp3) is 0.312. The molecule has 122 valence electrons. The Kier molecular flexibility index (Phi) is 5.58. The van der Waals surface area contributed by atoms with Gasteiger partial charge in [-0.15, -0.1) is 11.3 Å². The lowest BCUT2D eigenvalue weighted by Crippen LogP contribution is -2.49. The standard InChI is InChI=1S/C16H17BrClN3OS/c17-12-2-1-3-13(10-12)19-16(22)21-8-6-20(7-9-21)11-14-4-5-15(18)23-14/h1-5,10H,6-9,11H2,(H,19,22). The number of carbonyl (C=O) groups is 1. The van der Waals surface area contributed by atoms with Gasteiger partial charge in [0.2, 0.25) is 0 Å². The first-order valence-electron chi connectivity index (χ1n) is 7.38. The molecule has 1 aliphatic rings. The highest BCUT2D eigenvalue weighted by atomic mass is 79.9. The van der Waals surface area contributed by atoms with E-state index in [1.54, 1.807) is 11.3 Å². The summed E-state index contributed by atoms with van der Waals surface area (Å²) < 4.78 is 1.78. The van der Waals surface area contributed by atoms with E-state index in [0.29, 0.717) is 0 Å². The molecule has 1 aliphatic heterocycles. The van der Waals surface area contributed by atoms with Crippen LogP contribution in [0.15, 0.2) is 40.9 Å². The first-order chi connectivity index (χ1) is 11.1. The number of nitrogens with one attached hydrogen (secondary N) is 1. The number of thiophene rings is 1. The second-order valence-corrected chi connectivity index (χ2v) is 8.12. The van der Waals surface area contributed by atoms with Gasteiger partial charge in [0.15, 0.2) is 0 Å². The van der Waals surface area contributed by atoms with Crippen molar-refractivity contribution < 1.29 is 4.79 Å². The summed E-state index contributed by atoms with van der Waals surface area (Å²) in [6.45, 7) is 4.12. The maximum absolute atomic E-state index is 12.3. The monoisotopic (exact) mass is 413 g/mol. The second kappa shape index (κ2) is 7.66. The van der Waals surface area contributed by atoms with E-state index in [1.807, 2.05) is 35.2 Å². The van der Waals surface area contributed by atoms with Gasteiger partial charge in [-0.3, -0.25) is 4.90 Å². The molecule has 1 aromatic carbocycles. The van der Waals surface area contributed by atoms with Crippen LogP contribution in [0.1, 0.15) is 4.88 Å². The summed E-state index contributed by atoms with van der Waals surface area (Å²) in [5.74, 6) is 0. The molecule has 0 atom stereocenters. The number of benzene rings is 1. The van der Waals surface area contributed by atoms with Crippen molar-refractivity contribution in [3.63, 3.8) is 0 Å². The van der Waals surface area contributed by atoms with Crippen LogP contribution in [0.3, 0.4) is 0 Å². The highest BCUT2D eigenvalue weighted by Gasteiger charge is 2.21. The minimum absolute atomic E-state index is 0.0399. The van der Waals surface area contributed by atoms with Gasteiger partial charge in [0.1, 0.15) is 0 Å². The summed E-state index contributed by atoms with van der Waals surface area (Å²) in [7, 11) is 0. The van der Waals surface area contributed by atoms with Gasteiger partial charge < -0.3 is 10.2 Å². The molecule has 1 N–H and O–H groups in total. The molecule has 4 nitrogen and oxygen atoms in total. The van der Waals surface area contributed by atoms with Gasteiger partial charge in [-0.1, -0.05) is 33.6 Å². The highest BCUT2D eigenvalue weighted by molar-refractivity contribution is 9.10. The molecule has 0 aliphatic carbocycles. The van der Waals surface area contributed by atoms with Crippen molar-refractivity contribution in [2.24, 2.45) is 0 Å². The number of anilines is 1. The van der Waals surface area contributed by atoms with Crippen molar-refractivity contribution in [2.75, 3.05) is 31.5 Å². The number of hydrogen-bond acceptors (Lipinski definition) is 3. The van der Waals surface area contributed by atoms with Crippen LogP contribution in [-0.2, 0) is 6.54 Å². The van der Waals surface area contributed by atoms with Gasteiger partial charge in [0.25, 0.3) is 0 Å². The lowest BCUT2D eigenvalue weighted by atomic mass is 10.3. The molecule has 0 spiro atoms. The van der Waals surface area contributed by atoms with Gasteiger partial charge in [0.05, 0.1) is 4.34 Å². The Morgan fingerprint density at radius 2 is 2.00 bits per heavy atom. The number of halogens is 2. The molecule has 1 saturated heterocycles. The van der Waals surface area contributed by atoms with E-state index in [0.717, 1.165) is 47.2 Å². The summed E-state index contributed by atoms with van der Waals surface area (Å²) >= 11 is 11.0. The number of nitrogens with zero attached hydrogens (tertiary/aromatic N) is 2. The predicted octanol–water partition coefficient (Wildman–Crippen LogP) is 4.51. The van der Waals surface area contributed by atoms with Crippen molar-refractivity contribution in [1.82, 2.24) is 9.80 Å². The molecular formula is C16H17BrClN3OS. The summed E-state index contributed by atoms with van der Waals surface area (Å²) in [5, 5.41) is 2.94. The van der Waals surface area contributed by atoms with E-state index in [1.165, 1.54) is 4.88 Å². The molecule has 3 rings (SSSR count). The molecule has 2 heterocycles. The third-order valence-electron chi connectivity index (χ3n) is 3.74. The van der Waals surface area contributed by atoms with Crippen LogP contribution in [0.2, 0.25) is 4.34 Å². The molecule has 0 radical (unpaired) electrons. The van der Waals surface area contributed by atoms with Crippen molar-refractivity contribution in [1.29, 1.82) is 0 Å². The van der Waals surface area contributed by atoms with E-state index in [4.69, 9.17) is 11.6 Å². The van der Waals surface area contributed by atoms with Crippen molar-refractivity contribution in [2.45, 2.75) is 6.54 Å². The Bertz CT molecular complexity index is 685. The minimum Gasteiger partial charge on any atom is -0.322 e. The summed E-state index contributed by atoms with van der Waals surface area (Å²) in [5.41, 5.74) is 0.806. The topological polar surface area (TPSA) is 35.6 Å². The zero-order valence-electron chi connectivity index (χ0n) is 12.5. The summed E-state index contributed by atoms with van der Waals surface area (Å²) in [4.78, 5) is 17.8. The fourth-order valence-corrected chi connectivity index (χ4v) is 4.06.